The molecular weight excluding hydrogens is 397 g/mol. The van der Waals surface area contributed by atoms with Gasteiger partial charge in [0, 0.05) is 11.3 Å². The van der Waals surface area contributed by atoms with Crippen LogP contribution in [-0.4, -0.2) is 11.0 Å². The molecule has 0 amide bonds. The number of nitrogens with one attached hydrogen (secondary N) is 1. The molecule has 0 saturated heterocycles. The summed E-state index contributed by atoms with van der Waals surface area (Å²) in [5, 5.41) is 0.699. The smallest absolute Gasteiger partial charge is 0.312 e. The molecule has 0 radical (unpaired) electrons. The fourth-order valence-corrected chi connectivity index (χ4v) is 3.95. The van der Waals surface area contributed by atoms with E-state index in [4.69, 9.17) is 9.47 Å². The van der Waals surface area contributed by atoms with Gasteiger partial charge >= 0.3 is 5.97 Å². The third-order valence-corrected chi connectivity index (χ3v) is 5.42. The van der Waals surface area contributed by atoms with Crippen LogP contribution in [0.1, 0.15) is 29.0 Å². The Morgan fingerprint density at radius 3 is 2.61 bits per heavy atom. The second-order valence-electron chi connectivity index (χ2n) is 7.46. The van der Waals surface area contributed by atoms with Crippen LogP contribution in [0.15, 0.2) is 77.6 Å². The van der Waals surface area contributed by atoms with Gasteiger partial charge in [-0.2, -0.15) is 0 Å². The third kappa shape index (κ3) is 3.68. The van der Waals surface area contributed by atoms with Gasteiger partial charge in [-0.1, -0.05) is 36.4 Å². The summed E-state index contributed by atoms with van der Waals surface area (Å²) in [4.78, 5) is 28.0. The fraction of sp³-hybridized carbons (Fsp3) is 0.120. The van der Waals surface area contributed by atoms with Crippen molar-refractivity contribution in [3.05, 3.63) is 106 Å². The first-order valence-corrected chi connectivity index (χ1v) is 9.91. The lowest BCUT2D eigenvalue weighted by Gasteiger charge is -2.25. The Bertz CT molecular complexity index is 1340. The summed E-state index contributed by atoms with van der Waals surface area (Å²) in [7, 11) is 0. The van der Waals surface area contributed by atoms with Crippen LogP contribution in [-0.2, 0) is 11.4 Å². The van der Waals surface area contributed by atoms with Gasteiger partial charge in [0.25, 0.3) is 5.56 Å². The van der Waals surface area contributed by atoms with Gasteiger partial charge in [0.2, 0.25) is 0 Å². The predicted octanol–water partition coefficient (Wildman–Crippen LogP) is 4.69. The highest BCUT2D eigenvalue weighted by molar-refractivity contribution is 5.91. The molecule has 1 N–H and O–H groups in total. The van der Waals surface area contributed by atoms with Crippen LogP contribution in [0.4, 0.5) is 4.39 Å². The molecule has 5 nitrogen and oxygen atoms in total. The van der Waals surface area contributed by atoms with E-state index >= 15 is 0 Å². The second kappa shape index (κ2) is 7.72. The molecule has 3 aromatic carbocycles. The summed E-state index contributed by atoms with van der Waals surface area (Å²) in [6.45, 7) is 0.237. The van der Waals surface area contributed by atoms with Crippen molar-refractivity contribution in [3.63, 3.8) is 0 Å². The lowest BCUT2D eigenvalue weighted by Crippen LogP contribution is -2.28. The molecule has 0 unspecified atom stereocenters. The first-order valence-electron chi connectivity index (χ1n) is 9.91. The number of para-hydroxylation sites is 1. The lowest BCUT2D eigenvalue weighted by molar-refractivity contribution is -0.135. The molecule has 6 heteroatoms. The highest BCUT2D eigenvalue weighted by Crippen LogP contribution is 2.40. The van der Waals surface area contributed by atoms with Crippen molar-refractivity contribution < 1.29 is 18.7 Å². The van der Waals surface area contributed by atoms with Gasteiger partial charge in [-0.15, -0.1) is 0 Å². The Hall–Kier alpha value is -3.93. The Balaban J connectivity index is 1.45. The van der Waals surface area contributed by atoms with Crippen LogP contribution in [0.25, 0.3) is 10.9 Å². The highest BCUT2D eigenvalue weighted by atomic mass is 19.1. The molecule has 0 spiro atoms. The monoisotopic (exact) mass is 415 g/mol. The molecule has 1 aliphatic heterocycles. The minimum atomic E-state index is -0.415. The fourth-order valence-electron chi connectivity index (χ4n) is 3.95. The normalized spacial score (nSPS) is 15.4. The lowest BCUT2D eigenvalue weighted by atomic mass is 9.86. The number of carbonyl (C=O) groups excluding carboxylic acids is 1. The number of aromatic nitrogens is 1. The maximum Gasteiger partial charge on any atom is 0.312 e. The number of aromatic amines is 1. The number of fused-ring (bicyclic) bond motifs is 3. The largest absolute Gasteiger partial charge is 0.489 e. The Morgan fingerprint density at radius 1 is 1.00 bits per heavy atom. The molecule has 4 aromatic rings. The summed E-state index contributed by atoms with van der Waals surface area (Å²) < 4.78 is 24.5. The van der Waals surface area contributed by atoms with Crippen molar-refractivity contribution in [1.82, 2.24) is 4.98 Å². The number of benzene rings is 3. The van der Waals surface area contributed by atoms with Gasteiger partial charge in [-0.25, -0.2) is 4.39 Å². The van der Waals surface area contributed by atoms with E-state index in [9.17, 15) is 14.0 Å². The Kier molecular flexibility index (Phi) is 4.75. The number of H-pyrrole nitrogens is 1. The van der Waals surface area contributed by atoms with E-state index in [-0.39, 0.29) is 30.4 Å². The third-order valence-electron chi connectivity index (χ3n) is 5.42. The zero-order chi connectivity index (χ0) is 21.4. The Morgan fingerprint density at radius 2 is 1.81 bits per heavy atom. The van der Waals surface area contributed by atoms with Crippen LogP contribution in [0, 0.1) is 5.82 Å². The van der Waals surface area contributed by atoms with E-state index in [1.54, 1.807) is 30.3 Å². The van der Waals surface area contributed by atoms with Crippen molar-refractivity contribution in [3.8, 4) is 11.5 Å². The number of halogens is 1. The summed E-state index contributed by atoms with van der Waals surface area (Å²) in [6, 6.07) is 20.7. The molecule has 0 aliphatic carbocycles. The van der Waals surface area contributed by atoms with Crippen molar-refractivity contribution in [1.29, 1.82) is 0 Å². The van der Waals surface area contributed by atoms with E-state index < -0.39 is 5.92 Å². The maximum absolute atomic E-state index is 13.3. The number of hydrogen-bond donors (Lipinski definition) is 1. The van der Waals surface area contributed by atoms with Crippen molar-refractivity contribution in [2.24, 2.45) is 0 Å². The minimum Gasteiger partial charge on any atom is -0.489 e. The summed E-state index contributed by atoms with van der Waals surface area (Å²) >= 11 is 0. The van der Waals surface area contributed by atoms with Gasteiger partial charge in [-0.3, -0.25) is 9.59 Å². The van der Waals surface area contributed by atoms with E-state index in [1.807, 2.05) is 30.3 Å². The minimum absolute atomic E-state index is 0.0813. The molecule has 0 bridgehead atoms. The number of pyridine rings is 1. The number of carbonyl (C=O) groups is 1. The first-order chi connectivity index (χ1) is 15.1. The average Bonchev–Trinajstić information content (AvgIpc) is 2.77. The van der Waals surface area contributed by atoms with E-state index in [0.717, 1.165) is 11.1 Å². The number of ether oxygens (including phenoxy) is 2. The SMILES string of the molecule is O=C1C[C@H](c2ccc(OCc3cccc(F)c3)cc2)c2c(c3ccccc3[nH]c2=O)O1. The van der Waals surface area contributed by atoms with Gasteiger partial charge in [-0.05, 0) is 47.5 Å². The predicted molar refractivity (Wildman–Crippen MR) is 114 cm³/mol. The Labute approximate surface area is 177 Å². The van der Waals surface area contributed by atoms with Crippen LogP contribution in [0.5, 0.6) is 11.5 Å². The molecule has 0 fully saturated rings. The van der Waals surface area contributed by atoms with E-state index in [0.29, 0.717) is 28.0 Å². The topological polar surface area (TPSA) is 68.4 Å². The summed E-state index contributed by atoms with van der Waals surface area (Å²) in [5.41, 5.74) is 2.35. The quantitative estimate of drug-likeness (QED) is 0.491. The highest BCUT2D eigenvalue weighted by Gasteiger charge is 2.32. The molecular formula is C25H18FNO4. The van der Waals surface area contributed by atoms with Crippen LogP contribution in [0.2, 0.25) is 0 Å². The van der Waals surface area contributed by atoms with Crippen LogP contribution >= 0.6 is 0 Å². The van der Waals surface area contributed by atoms with Gasteiger partial charge in [0.15, 0.2) is 0 Å². The van der Waals surface area contributed by atoms with Crippen LogP contribution in [0.3, 0.4) is 0 Å². The molecule has 154 valence electrons. The second-order valence-corrected chi connectivity index (χ2v) is 7.46. The molecule has 2 heterocycles. The number of hydrogen-bond acceptors (Lipinski definition) is 4. The van der Waals surface area contributed by atoms with Gasteiger partial charge in [0.05, 0.1) is 17.5 Å². The number of rotatable bonds is 4. The molecule has 0 saturated carbocycles. The van der Waals surface area contributed by atoms with Gasteiger partial charge in [0.1, 0.15) is 23.9 Å². The van der Waals surface area contributed by atoms with Crippen molar-refractivity contribution in [2.45, 2.75) is 18.9 Å². The number of esters is 1. The zero-order valence-corrected chi connectivity index (χ0v) is 16.4. The van der Waals surface area contributed by atoms with E-state index in [1.165, 1.54) is 12.1 Å². The molecule has 1 aromatic heterocycles. The molecule has 5 rings (SSSR count). The molecule has 31 heavy (non-hydrogen) atoms. The van der Waals surface area contributed by atoms with Crippen molar-refractivity contribution in [2.75, 3.05) is 0 Å². The van der Waals surface area contributed by atoms with E-state index in [2.05, 4.69) is 4.98 Å². The van der Waals surface area contributed by atoms with Gasteiger partial charge < -0.3 is 14.5 Å². The molecule has 1 aliphatic rings. The van der Waals surface area contributed by atoms with Crippen molar-refractivity contribution >= 4 is 16.9 Å². The maximum atomic E-state index is 13.3. The standard InChI is InChI=1S/C25H18FNO4/c26-17-5-3-4-15(12-17)14-30-18-10-8-16(9-11-18)20-13-22(28)31-24-19-6-1-2-7-21(19)27-25(29)23(20)24/h1-12,20H,13-14H2,(H,27,29)/t20-/m1/s1. The molecule has 1 atom stereocenters. The average molecular weight is 415 g/mol. The first kappa shape index (κ1) is 19.1. The summed E-state index contributed by atoms with van der Waals surface area (Å²) in [5.74, 6) is -0.162. The zero-order valence-electron chi connectivity index (χ0n) is 16.4. The summed E-state index contributed by atoms with van der Waals surface area (Å²) in [6.07, 6.45) is 0.0813. The van der Waals surface area contributed by atoms with Crippen LogP contribution < -0.4 is 15.0 Å².